The summed E-state index contributed by atoms with van der Waals surface area (Å²) in [7, 11) is 0. The maximum Gasteiger partial charge on any atom is 0.253 e. The molecular weight excluding hydrogens is 305 g/mol. The molecule has 116 valence electrons. The first kappa shape index (κ1) is 15.0. The quantitative estimate of drug-likeness (QED) is 0.920. The molecular formula is C16H17ClFN3O. The Hall–Kier alpha value is -1.88. The first-order chi connectivity index (χ1) is 10.5. The normalized spacial score (nSPS) is 18.5. The van der Waals surface area contributed by atoms with Crippen molar-refractivity contribution in [1.82, 2.24) is 14.9 Å². The van der Waals surface area contributed by atoms with Gasteiger partial charge in [-0.05, 0) is 38.0 Å². The minimum absolute atomic E-state index is 0.0268. The second-order valence-corrected chi connectivity index (χ2v) is 6.08. The molecule has 2 heterocycles. The minimum atomic E-state index is -0.513. The standard InChI is InChI=1S/C16H17ClFN3O/c1-10-8-19-15(20-10)12-3-2-6-21(9-12)16(22)11-4-5-14(18)13(17)7-11/h4-5,7-8,12H,2-3,6,9H2,1H3,(H,19,20)/t12-/m0/s1. The molecule has 0 bridgehead atoms. The molecule has 1 saturated heterocycles. The molecule has 3 rings (SSSR count). The molecule has 22 heavy (non-hydrogen) atoms. The number of rotatable bonds is 2. The first-order valence-corrected chi connectivity index (χ1v) is 7.68. The Bertz CT molecular complexity index is 700. The van der Waals surface area contributed by atoms with Crippen LogP contribution in [0.2, 0.25) is 5.02 Å². The molecule has 1 atom stereocenters. The Morgan fingerprint density at radius 1 is 1.50 bits per heavy atom. The summed E-state index contributed by atoms with van der Waals surface area (Å²) in [5.74, 6) is 0.505. The zero-order valence-electron chi connectivity index (χ0n) is 12.3. The Morgan fingerprint density at radius 2 is 2.32 bits per heavy atom. The molecule has 1 aromatic carbocycles. The molecule has 1 amide bonds. The van der Waals surface area contributed by atoms with Crippen molar-refractivity contribution in [2.24, 2.45) is 0 Å². The second kappa shape index (κ2) is 6.08. The number of likely N-dealkylation sites (tertiary alicyclic amines) is 1. The molecule has 4 nitrogen and oxygen atoms in total. The zero-order valence-corrected chi connectivity index (χ0v) is 13.0. The number of nitrogens with one attached hydrogen (secondary N) is 1. The number of benzene rings is 1. The van der Waals surface area contributed by atoms with Crippen LogP contribution in [0.1, 0.15) is 40.6 Å². The summed E-state index contributed by atoms with van der Waals surface area (Å²) in [6.07, 6.45) is 3.72. The molecule has 1 N–H and O–H groups in total. The van der Waals surface area contributed by atoms with E-state index in [9.17, 15) is 9.18 Å². The molecule has 0 aliphatic carbocycles. The molecule has 1 aliphatic rings. The van der Waals surface area contributed by atoms with Gasteiger partial charge in [0.2, 0.25) is 0 Å². The molecule has 0 radical (unpaired) electrons. The van der Waals surface area contributed by atoms with Gasteiger partial charge >= 0.3 is 0 Å². The highest BCUT2D eigenvalue weighted by Gasteiger charge is 2.27. The highest BCUT2D eigenvalue weighted by molar-refractivity contribution is 6.31. The lowest BCUT2D eigenvalue weighted by Crippen LogP contribution is -2.39. The van der Waals surface area contributed by atoms with Crippen molar-refractivity contribution < 1.29 is 9.18 Å². The third kappa shape index (κ3) is 2.99. The van der Waals surface area contributed by atoms with Crippen molar-refractivity contribution in [3.63, 3.8) is 0 Å². The van der Waals surface area contributed by atoms with E-state index in [2.05, 4.69) is 9.97 Å². The van der Waals surface area contributed by atoms with E-state index in [1.165, 1.54) is 18.2 Å². The number of aromatic amines is 1. The third-order valence-electron chi connectivity index (χ3n) is 3.98. The summed E-state index contributed by atoms with van der Waals surface area (Å²) in [5, 5.41) is -0.0268. The van der Waals surface area contributed by atoms with Gasteiger partial charge in [0.15, 0.2) is 0 Å². The molecule has 0 unspecified atom stereocenters. The number of H-pyrrole nitrogens is 1. The van der Waals surface area contributed by atoms with E-state index in [0.717, 1.165) is 24.4 Å². The summed E-state index contributed by atoms with van der Waals surface area (Å²) in [5.41, 5.74) is 1.44. The van der Waals surface area contributed by atoms with Crippen molar-refractivity contribution in [3.8, 4) is 0 Å². The summed E-state index contributed by atoms with van der Waals surface area (Å²) in [6, 6.07) is 4.09. The molecule has 0 spiro atoms. The fraction of sp³-hybridized carbons (Fsp3) is 0.375. The van der Waals surface area contributed by atoms with Crippen molar-refractivity contribution >= 4 is 17.5 Å². The smallest absolute Gasteiger partial charge is 0.253 e. The predicted octanol–water partition coefficient (Wildman–Crippen LogP) is 3.53. The van der Waals surface area contributed by atoms with Crippen LogP contribution in [-0.4, -0.2) is 33.9 Å². The Morgan fingerprint density at radius 3 is 3.00 bits per heavy atom. The number of hydrogen-bond acceptors (Lipinski definition) is 2. The van der Waals surface area contributed by atoms with E-state index in [1.807, 2.05) is 6.92 Å². The molecule has 1 aliphatic heterocycles. The van der Waals surface area contributed by atoms with Crippen molar-refractivity contribution in [2.45, 2.75) is 25.7 Å². The van der Waals surface area contributed by atoms with Gasteiger partial charge in [0.05, 0.1) is 5.02 Å². The van der Waals surface area contributed by atoms with Gasteiger partial charge < -0.3 is 9.88 Å². The number of hydrogen-bond donors (Lipinski definition) is 1. The van der Waals surface area contributed by atoms with Crippen LogP contribution in [0.25, 0.3) is 0 Å². The lowest BCUT2D eigenvalue weighted by Gasteiger charge is -2.32. The van der Waals surface area contributed by atoms with Gasteiger partial charge in [-0.25, -0.2) is 9.37 Å². The number of halogens is 2. The van der Waals surface area contributed by atoms with Gasteiger partial charge in [-0.2, -0.15) is 0 Å². The summed E-state index contributed by atoms with van der Waals surface area (Å²) >= 11 is 5.76. The number of imidazole rings is 1. The van der Waals surface area contributed by atoms with Gasteiger partial charge in [0, 0.05) is 36.5 Å². The van der Waals surface area contributed by atoms with Gasteiger partial charge in [-0.15, -0.1) is 0 Å². The van der Waals surface area contributed by atoms with E-state index in [0.29, 0.717) is 18.7 Å². The fourth-order valence-electron chi connectivity index (χ4n) is 2.84. The summed E-state index contributed by atoms with van der Waals surface area (Å²) in [6.45, 7) is 3.27. The number of aryl methyl sites for hydroxylation is 1. The minimum Gasteiger partial charge on any atom is -0.346 e. The van der Waals surface area contributed by atoms with Gasteiger partial charge in [0.1, 0.15) is 11.6 Å². The van der Waals surface area contributed by atoms with Crippen LogP contribution in [0.3, 0.4) is 0 Å². The molecule has 0 saturated carbocycles. The highest BCUT2D eigenvalue weighted by Crippen LogP contribution is 2.26. The lowest BCUT2D eigenvalue weighted by atomic mass is 9.96. The Labute approximate surface area is 133 Å². The Balaban J connectivity index is 1.76. The van der Waals surface area contributed by atoms with Gasteiger partial charge in [0.25, 0.3) is 5.91 Å². The molecule has 2 aromatic rings. The van der Waals surface area contributed by atoms with Gasteiger partial charge in [-0.3, -0.25) is 4.79 Å². The monoisotopic (exact) mass is 321 g/mol. The van der Waals surface area contributed by atoms with Crippen molar-refractivity contribution in [2.75, 3.05) is 13.1 Å². The van der Waals surface area contributed by atoms with Crippen LogP contribution < -0.4 is 0 Å². The van der Waals surface area contributed by atoms with Crippen molar-refractivity contribution in [1.29, 1.82) is 0 Å². The third-order valence-corrected chi connectivity index (χ3v) is 4.27. The van der Waals surface area contributed by atoms with Crippen LogP contribution in [0.5, 0.6) is 0 Å². The van der Waals surface area contributed by atoms with Gasteiger partial charge in [-0.1, -0.05) is 11.6 Å². The number of carbonyl (C=O) groups is 1. The number of aromatic nitrogens is 2. The number of piperidine rings is 1. The topological polar surface area (TPSA) is 49.0 Å². The number of carbonyl (C=O) groups excluding carboxylic acids is 1. The van der Waals surface area contributed by atoms with E-state index >= 15 is 0 Å². The van der Waals surface area contributed by atoms with Crippen LogP contribution in [0, 0.1) is 12.7 Å². The summed E-state index contributed by atoms with van der Waals surface area (Å²) in [4.78, 5) is 22.0. The number of nitrogens with zero attached hydrogens (tertiary/aromatic N) is 2. The summed E-state index contributed by atoms with van der Waals surface area (Å²) < 4.78 is 13.2. The fourth-order valence-corrected chi connectivity index (χ4v) is 3.02. The van der Waals surface area contributed by atoms with E-state index in [-0.39, 0.29) is 16.8 Å². The SMILES string of the molecule is Cc1cnc([C@H]2CCCN(C(=O)c3ccc(F)c(Cl)c3)C2)[nH]1. The predicted molar refractivity (Wildman–Crippen MR) is 82.6 cm³/mol. The van der Waals surface area contributed by atoms with Crippen LogP contribution >= 0.6 is 11.6 Å². The Kier molecular flexibility index (Phi) is 4.16. The average Bonchev–Trinajstić information content (AvgIpc) is 2.96. The molecule has 1 fully saturated rings. The molecule has 6 heteroatoms. The average molecular weight is 322 g/mol. The first-order valence-electron chi connectivity index (χ1n) is 7.30. The van der Waals surface area contributed by atoms with E-state index in [4.69, 9.17) is 11.6 Å². The largest absolute Gasteiger partial charge is 0.346 e. The van der Waals surface area contributed by atoms with E-state index < -0.39 is 5.82 Å². The maximum atomic E-state index is 13.2. The zero-order chi connectivity index (χ0) is 15.7. The van der Waals surface area contributed by atoms with Crippen LogP contribution in [-0.2, 0) is 0 Å². The lowest BCUT2D eigenvalue weighted by molar-refractivity contribution is 0.0704. The van der Waals surface area contributed by atoms with E-state index in [1.54, 1.807) is 11.1 Å². The maximum absolute atomic E-state index is 13.2. The number of amides is 1. The second-order valence-electron chi connectivity index (χ2n) is 5.67. The van der Waals surface area contributed by atoms with Crippen molar-refractivity contribution in [3.05, 3.63) is 52.3 Å². The van der Waals surface area contributed by atoms with Crippen LogP contribution in [0.15, 0.2) is 24.4 Å². The van der Waals surface area contributed by atoms with Crippen LogP contribution in [0.4, 0.5) is 4.39 Å². The highest BCUT2D eigenvalue weighted by atomic mass is 35.5. The molecule has 1 aromatic heterocycles.